The number of carbonyl (C=O) groups excluding carboxylic acids is 1. The highest BCUT2D eigenvalue weighted by Gasteiger charge is 2.09. The number of hydrogen-bond donors (Lipinski definition) is 4. The van der Waals surface area contributed by atoms with E-state index in [1.54, 1.807) is 42.5 Å². The molecule has 0 saturated carbocycles. The lowest BCUT2D eigenvalue weighted by Gasteiger charge is -2.12. The Balaban J connectivity index is 2.03. The van der Waals surface area contributed by atoms with Crippen LogP contribution in [0.1, 0.15) is 12.0 Å². The Hall–Kier alpha value is -3.06. The Morgan fingerprint density at radius 3 is 2.32 bits per heavy atom. The van der Waals surface area contributed by atoms with Crippen LogP contribution in [-0.2, 0) is 16.1 Å². The maximum Gasteiger partial charge on any atom is 0.312 e. The number of benzene rings is 2. The third kappa shape index (κ3) is 5.82. The van der Waals surface area contributed by atoms with Crippen molar-refractivity contribution in [3.8, 4) is 17.2 Å². The van der Waals surface area contributed by atoms with Crippen LogP contribution in [0.2, 0.25) is 0 Å². The van der Waals surface area contributed by atoms with Crippen molar-refractivity contribution in [2.75, 3.05) is 19.4 Å². The van der Waals surface area contributed by atoms with Gasteiger partial charge < -0.3 is 25.2 Å². The number of carbonyl (C=O) groups is 2. The first-order valence-electron chi connectivity index (χ1n) is 7.74. The van der Waals surface area contributed by atoms with Crippen molar-refractivity contribution in [2.45, 2.75) is 13.0 Å². The SMILES string of the molecule is C[NH+](C)Cc1cc(Oc2ccc(NC(=O)CC(=O)O)cc2)ccc1O. The largest absolute Gasteiger partial charge is 0.507 e. The monoisotopic (exact) mass is 345 g/mol. The number of aliphatic carboxylic acids is 1. The van der Waals surface area contributed by atoms with Gasteiger partial charge >= 0.3 is 5.97 Å². The zero-order valence-electron chi connectivity index (χ0n) is 14.1. The number of quaternary nitrogens is 1. The van der Waals surface area contributed by atoms with E-state index in [9.17, 15) is 14.7 Å². The minimum atomic E-state index is -1.18. The van der Waals surface area contributed by atoms with Gasteiger partial charge in [0.2, 0.25) is 5.91 Å². The third-order valence-electron chi connectivity index (χ3n) is 3.28. The van der Waals surface area contributed by atoms with E-state index in [0.717, 1.165) is 5.56 Å². The fourth-order valence-electron chi connectivity index (χ4n) is 2.23. The molecule has 0 unspecified atom stereocenters. The molecule has 0 atom stereocenters. The number of rotatable bonds is 7. The molecule has 2 rings (SSSR count). The van der Waals surface area contributed by atoms with Crippen molar-refractivity contribution in [1.29, 1.82) is 0 Å². The molecule has 2 aromatic carbocycles. The van der Waals surface area contributed by atoms with Crippen LogP contribution in [-0.4, -0.2) is 36.2 Å². The van der Waals surface area contributed by atoms with E-state index >= 15 is 0 Å². The highest BCUT2D eigenvalue weighted by atomic mass is 16.5. The van der Waals surface area contributed by atoms with E-state index in [1.165, 1.54) is 4.90 Å². The molecule has 0 fully saturated rings. The maximum absolute atomic E-state index is 11.4. The van der Waals surface area contributed by atoms with Gasteiger partial charge in [-0.2, -0.15) is 0 Å². The summed E-state index contributed by atoms with van der Waals surface area (Å²) in [5, 5.41) is 20.9. The number of carboxylic acid groups (broad SMARTS) is 1. The molecule has 2 aromatic rings. The summed E-state index contributed by atoms with van der Waals surface area (Å²) < 4.78 is 5.75. The number of aromatic hydroxyl groups is 1. The molecule has 0 aromatic heterocycles. The van der Waals surface area contributed by atoms with Crippen LogP contribution in [0.5, 0.6) is 17.2 Å². The van der Waals surface area contributed by atoms with Crippen molar-refractivity contribution in [1.82, 2.24) is 0 Å². The van der Waals surface area contributed by atoms with E-state index < -0.39 is 18.3 Å². The van der Waals surface area contributed by atoms with Crippen LogP contribution in [0.4, 0.5) is 5.69 Å². The number of carboxylic acids is 1. The lowest BCUT2D eigenvalue weighted by Crippen LogP contribution is -3.04. The number of hydrogen-bond acceptors (Lipinski definition) is 4. The van der Waals surface area contributed by atoms with Crippen LogP contribution in [0.25, 0.3) is 0 Å². The lowest BCUT2D eigenvalue weighted by molar-refractivity contribution is -0.872. The predicted molar refractivity (Wildman–Crippen MR) is 92.0 cm³/mol. The first-order valence-corrected chi connectivity index (χ1v) is 7.74. The van der Waals surface area contributed by atoms with Gasteiger partial charge in [-0.25, -0.2) is 0 Å². The highest BCUT2D eigenvalue weighted by molar-refractivity contribution is 6.01. The van der Waals surface area contributed by atoms with E-state index in [-0.39, 0.29) is 5.75 Å². The summed E-state index contributed by atoms with van der Waals surface area (Å²) in [7, 11) is 3.98. The van der Waals surface area contributed by atoms with E-state index in [0.29, 0.717) is 23.7 Å². The number of phenols is 1. The molecule has 132 valence electrons. The fraction of sp³-hybridized carbons (Fsp3) is 0.222. The number of ether oxygens (including phenoxy) is 1. The van der Waals surface area contributed by atoms with Crippen LogP contribution < -0.4 is 15.0 Å². The first-order chi connectivity index (χ1) is 11.8. The molecule has 0 saturated heterocycles. The van der Waals surface area contributed by atoms with Crippen molar-refractivity contribution in [3.63, 3.8) is 0 Å². The Bertz CT molecular complexity index is 757. The second-order valence-electron chi connectivity index (χ2n) is 5.92. The summed E-state index contributed by atoms with van der Waals surface area (Å²) in [4.78, 5) is 23.1. The number of phenolic OH excluding ortho intramolecular Hbond substituents is 1. The van der Waals surface area contributed by atoms with Crippen LogP contribution in [0, 0.1) is 0 Å². The van der Waals surface area contributed by atoms with Crippen LogP contribution in [0.15, 0.2) is 42.5 Å². The molecule has 0 spiro atoms. The summed E-state index contributed by atoms with van der Waals surface area (Å²) in [6, 6.07) is 11.6. The summed E-state index contributed by atoms with van der Waals surface area (Å²) in [6.07, 6.45) is -0.581. The smallest absolute Gasteiger partial charge is 0.312 e. The Morgan fingerprint density at radius 2 is 1.72 bits per heavy atom. The Labute approximate surface area is 145 Å². The quantitative estimate of drug-likeness (QED) is 0.566. The first kappa shape index (κ1) is 18.3. The van der Waals surface area contributed by atoms with Gasteiger partial charge in [-0.15, -0.1) is 0 Å². The topological polar surface area (TPSA) is 100 Å². The van der Waals surface area contributed by atoms with Crippen LogP contribution >= 0.6 is 0 Å². The Kier molecular flexibility index (Phi) is 5.97. The standard InChI is InChI=1S/C18H20N2O5/c1-20(2)11-12-9-15(7-8-16(12)21)25-14-5-3-13(4-6-14)19-17(22)10-18(23)24/h3-9,21H,10-11H2,1-2H3,(H,19,22)(H,23,24)/p+1. The average Bonchev–Trinajstić information content (AvgIpc) is 2.51. The molecular formula is C18H21N2O5+. The normalized spacial score (nSPS) is 10.5. The number of nitrogens with one attached hydrogen (secondary N) is 2. The maximum atomic E-state index is 11.4. The summed E-state index contributed by atoms with van der Waals surface area (Å²) in [5.41, 5.74) is 1.27. The summed E-state index contributed by atoms with van der Waals surface area (Å²) >= 11 is 0. The van der Waals surface area contributed by atoms with Gasteiger partial charge in [-0.3, -0.25) is 9.59 Å². The molecular weight excluding hydrogens is 324 g/mol. The summed E-state index contributed by atoms with van der Waals surface area (Å²) in [6.45, 7) is 0.664. The van der Waals surface area contributed by atoms with E-state index in [2.05, 4.69) is 5.32 Å². The van der Waals surface area contributed by atoms with Gasteiger partial charge in [0.25, 0.3) is 0 Å². The minimum absolute atomic E-state index is 0.227. The van der Waals surface area contributed by atoms with Gasteiger partial charge in [-0.05, 0) is 42.5 Å². The molecule has 25 heavy (non-hydrogen) atoms. The van der Waals surface area contributed by atoms with Crippen molar-refractivity contribution in [2.24, 2.45) is 0 Å². The second-order valence-corrected chi connectivity index (χ2v) is 5.92. The van der Waals surface area contributed by atoms with Gasteiger partial charge in [-0.1, -0.05) is 0 Å². The lowest BCUT2D eigenvalue weighted by atomic mass is 10.2. The van der Waals surface area contributed by atoms with Gasteiger partial charge in [0, 0.05) is 5.69 Å². The van der Waals surface area contributed by atoms with E-state index in [4.69, 9.17) is 9.84 Å². The molecule has 0 aliphatic heterocycles. The Morgan fingerprint density at radius 1 is 1.08 bits per heavy atom. The average molecular weight is 345 g/mol. The predicted octanol–water partition coefficient (Wildman–Crippen LogP) is 1.24. The highest BCUT2D eigenvalue weighted by Crippen LogP contribution is 2.27. The molecule has 1 amide bonds. The van der Waals surface area contributed by atoms with Crippen molar-refractivity contribution in [3.05, 3.63) is 48.0 Å². The molecule has 4 N–H and O–H groups in total. The third-order valence-corrected chi connectivity index (χ3v) is 3.28. The van der Waals surface area contributed by atoms with Gasteiger partial charge in [0.05, 0.1) is 19.7 Å². The molecule has 0 radical (unpaired) electrons. The van der Waals surface area contributed by atoms with Crippen LogP contribution in [0.3, 0.4) is 0 Å². The minimum Gasteiger partial charge on any atom is -0.507 e. The van der Waals surface area contributed by atoms with E-state index in [1.807, 2.05) is 14.1 Å². The molecule has 0 aliphatic rings. The van der Waals surface area contributed by atoms with Crippen molar-refractivity contribution >= 4 is 17.6 Å². The molecule has 0 aliphatic carbocycles. The fourth-order valence-corrected chi connectivity index (χ4v) is 2.23. The molecule has 7 nitrogen and oxygen atoms in total. The zero-order chi connectivity index (χ0) is 18.4. The van der Waals surface area contributed by atoms with Gasteiger partial charge in [0.15, 0.2) is 0 Å². The summed E-state index contributed by atoms with van der Waals surface area (Å²) in [5.74, 6) is -0.387. The van der Waals surface area contributed by atoms with Crippen molar-refractivity contribution < 1.29 is 29.4 Å². The number of anilines is 1. The second kappa shape index (κ2) is 8.16. The van der Waals surface area contributed by atoms with Gasteiger partial charge in [0.1, 0.15) is 30.2 Å². The number of amides is 1. The molecule has 7 heteroatoms. The molecule has 0 heterocycles. The zero-order valence-corrected chi connectivity index (χ0v) is 14.1. The molecule has 0 bridgehead atoms.